The lowest BCUT2D eigenvalue weighted by atomic mass is 10.1. The number of nitrogens with two attached hydrogens (primary N) is 1. The first-order valence-electron chi connectivity index (χ1n) is 7.00. The Morgan fingerprint density at radius 2 is 2.00 bits per heavy atom. The van der Waals surface area contributed by atoms with E-state index in [0.29, 0.717) is 17.1 Å². The zero-order valence-electron chi connectivity index (χ0n) is 12.1. The van der Waals surface area contributed by atoms with E-state index in [2.05, 4.69) is 5.32 Å². The zero-order chi connectivity index (χ0) is 15.2. The minimum Gasteiger partial charge on any atom is -0.493 e. The summed E-state index contributed by atoms with van der Waals surface area (Å²) in [5, 5.41) is 3.01. The Morgan fingerprint density at radius 1 is 1.29 bits per heavy atom. The third-order valence-corrected chi connectivity index (χ3v) is 3.49. The van der Waals surface area contributed by atoms with Crippen molar-refractivity contribution in [2.24, 2.45) is 5.73 Å². The van der Waals surface area contributed by atoms with Crippen molar-refractivity contribution in [2.75, 3.05) is 13.7 Å². The fourth-order valence-corrected chi connectivity index (χ4v) is 2.42. The molecule has 0 aromatic heterocycles. The lowest BCUT2D eigenvalue weighted by molar-refractivity contribution is -0.119. The number of primary amides is 1. The molecule has 1 fully saturated rings. The van der Waals surface area contributed by atoms with Gasteiger partial charge in [-0.05, 0) is 31.0 Å². The number of benzene rings is 1. The lowest BCUT2D eigenvalue weighted by Gasteiger charge is -2.14. The van der Waals surface area contributed by atoms with Gasteiger partial charge in [0.25, 0.3) is 11.8 Å². The number of methoxy groups -OCH3 is 1. The van der Waals surface area contributed by atoms with Gasteiger partial charge in [0.1, 0.15) is 0 Å². The summed E-state index contributed by atoms with van der Waals surface area (Å²) in [7, 11) is 1.48. The Hall–Kier alpha value is -2.24. The number of carbonyl (C=O) groups is 2. The average molecular weight is 292 g/mol. The van der Waals surface area contributed by atoms with Gasteiger partial charge in [0.15, 0.2) is 18.1 Å². The third-order valence-electron chi connectivity index (χ3n) is 3.49. The molecule has 21 heavy (non-hydrogen) atoms. The molecule has 0 unspecified atom stereocenters. The zero-order valence-corrected chi connectivity index (χ0v) is 12.1. The number of amides is 2. The maximum Gasteiger partial charge on any atom is 0.255 e. The van der Waals surface area contributed by atoms with Crippen LogP contribution in [0.15, 0.2) is 18.2 Å². The Bertz CT molecular complexity index is 524. The first-order chi connectivity index (χ1) is 10.1. The normalized spacial score (nSPS) is 14.7. The quantitative estimate of drug-likeness (QED) is 0.825. The number of carbonyl (C=O) groups excluding carboxylic acids is 2. The molecule has 3 N–H and O–H groups in total. The van der Waals surface area contributed by atoms with Gasteiger partial charge in [-0.3, -0.25) is 9.59 Å². The van der Waals surface area contributed by atoms with Crippen molar-refractivity contribution >= 4 is 11.8 Å². The van der Waals surface area contributed by atoms with Gasteiger partial charge >= 0.3 is 0 Å². The highest BCUT2D eigenvalue weighted by Gasteiger charge is 2.19. The van der Waals surface area contributed by atoms with E-state index in [1.807, 2.05) is 0 Å². The highest BCUT2D eigenvalue weighted by atomic mass is 16.5. The van der Waals surface area contributed by atoms with Gasteiger partial charge in [-0.25, -0.2) is 0 Å². The minimum atomic E-state index is -0.569. The molecule has 2 rings (SSSR count). The topological polar surface area (TPSA) is 90.7 Å². The fraction of sp³-hybridized carbons (Fsp3) is 0.467. The summed E-state index contributed by atoms with van der Waals surface area (Å²) in [5.41, 5.74) is 5.54. The van der Waals surface area contributed by atoms with Gasteiger partial charge in [0.05, 0.1) is 7.11 Å². The maximum atomic E-state index is 12.2. The number of rotatable bonds is 6. The molecule has 1 aromatic carbocycles. The van der Waals surface area contributed by atoms with Crippen LogP contribution in [0, 0.1) is 0 Å². The van der Waals surface area contributed by atoms with E-state index in [-0.39, 0.29) is 18.6 Å². The molecule has 1 aliphatic carbocycles. The monoisotopic (exact) mass is 292 g/mol. The molecule has 0 saturated heterocycles. The van der Waals surface area contributed by atoms with Crippen molar-refractivity contribution in [3.63, 3.8) is 0 Å². The SMILES string of the molecule is COc1cc(C(=O)NC2CCCC2)ccc1OCC(N)=O. The minimum absolute atomic E-state index is 0.123. The molecule has 1 saturated carbocycles. The van der Waals surface area contributed by atoms with E-state index in [1.54, 1.807) is 18.2 Å². The van der Waals surface area contributed by atoms with Crippen molar-refractivity contribution in [2.45, 2.75) is 31.7 Å². The molecule has 2 amide bonds. The standard InChI is InChI=1S/C15H20N2O4/c1-20-13-8-10(6-7-12(13)21-9-14(16)18)15(19)17-11-4-2-3-5-11/h6-8,11H,2-5,9H2,1H3,(H2,16,18)(H,17,19). The summed E-state index contributed by atoms with van der Waals surface area (Å²) < 4.78 is 10.4. The van der Waals surface area contributed by atoms with Crippen LogP contribution in [0.4, 0.5) is 0 Å². The van der Waals surface area contributed by atoms with E-state index in [0.717, 1.165) is 25.7 Å². The van der Waals surface area contributed by atoms with Crippen LogP contribution in [0.2, 0.25) is 0 Å². The van der Waals surface area contributed by atoms with E-state index in [9.17, 15) is 9.59 Å². The maximum absolute atomic E-state index is 12.2. The molecule has 0 bridgehead atoms. The first kappa shape index (κ1) is 15.2. The second kappa shape index (κ2) is 6.97. The molecule has 114 valence electrons. The van der Waals surface area contributed by atoms with Crippen molar-refractivity contribution < 1.29 is 19.1 Å². The molecule has 0 atom stereocenters. The number of hydrogen-bond acceptors (Lipinski definition) is 4. The Balaban J connectivity index is 2.06. The predicted molar refractivity (Wildman–Crippen MR) is 77.4 cm³/mol. The van der Waals surface area contributed by atoms with Crippen LogP contribution in [-0.2, 0) is 4.79 Å². The summed E-state index contributed by atoms with van der Waals surface area (Å²) in [5.74, 6) is 0.0887. The molecule has 0 heterocycles. The van der Waals surface area contributed by atoms with E-state index in [4.69, 9.17) is 15.2 Å². The van der Waals surface area contributed by atoms with Gasteiger partial charge in [-0.2, -0.15) is 0 Å². The Morgan fingerprint density at radius 3 is 2.62 bits per heavy atom. The van der Waals surface area contributed by atoms with E-state index < -0.39 is 5.91 Å². The van der Waals surface area contributed by atoms with Gasteiger partial charge in [-0.1, -0.05) is 12.8 Å². The Labute approximate surface area is 123 Å². The van der Waals surface area contributed by atoms with Crippen LogP contribution in [0.3, 0.4) is 0 Å². The number of hydrogen-bond donors (Lipinski definition) is 2. The van der Waals surface area contributed by atoms with Crippen LogP contribution < -0.4 is 20.5 Å². The summed E-state index contributed by atoms with van der Waals surface area (Å²) in [6.45, 7) is -0.232. The van der Waals surface area contributed by atoms with E-state index >= 15 is 0 Å². The molecule has 6 nitrogen and oxygen atoms in total. The summed E-state index contributed by atoms with van der Waals surface area (Å²) >= 11 is 0. The third kappa shape index (κ3) is 4.11. The van der Waals surface area contributed by atoms with E-state index in [1.165, 1.54) is 7.11 Å². The van der Waals surface area contributed by atoms with Crippen molar-refractivity contribution in [3.05, 3.63) is 23.8 Å². The van der Waals surface area contributed by atoms with Crippen LogP contribution >= 0.6 is 0 Å². The summed E-state index contributed by atoms with van der Waals surface area (Å²) in [6, 6.07) is 5.10. The molecule has 1 aliphatic rings. The van der Waals surface area contributed by atoms with Crippen LogP contribution in [0.25, 0.3) is 0 Å². The summed E-state index contributed by atoms with van der Waals surface area (Å²) in [6.07, 6.45) is 4.38. The lowest BCUT2D eigenvalue weighted by Crippen LogP contribution is -2.32. The largest absolute Gasteiger partial charge is 0.493 e. The highest BCUT2D eigenvalue weighted by molar-refractivity contribution is 5.95. The van der Waals surface area contributed by atoms with Gasteiger partial charge in [0, 0.05) is 11.6 Å². The second-order valence-electron chi connectivity index (χ2n) is 5.08. The fourth-order valence-electron chi connectivity index (χ4n) is 2.42. The Kier molecular flexibility index (Phi) is 5.03. The molecule has 0 aliphatic heterocycles. The van der Waals surface area contributed by atoms with Crippen molar-refractivity contribution in [1.29, 1.82) is 0 Å². The number of ether oxygens (including phenoxy) is 2. The van der Waals surface area contributed by atoms with Crippen LogP contribution in [0.5, 0.6) is 11.5 Å². The highest BCUT2D eigenvalue weighted by Crippen LogP contribution is 2.28. The van der Waals surface area contributed by atoms with Gasteiger partial charge in [-0.15, -0.1) is 0 Å². The molecule has 6 heteroatoms. The van der Waals surface area contributed by atoms with Crippen molar-refractivity contribution in [3.8, 4) is 11.5 Å². The smallest absolute Gasteiger partial charge is 0.255 e. The van der Waals surface area contributed by atoms with Crippen molar-refractivity contribution in [1.82, 2.24) is 5.32 Å². The molecule has 1 aromatic rings. The predicted octanol–water partition coefficient (Wildman–Crippen LogP) is 1.23. The molecular formula is C15H20N2O4. The number of nitrogens with one attached hydrogen (secondary N) is 1. The molecular weight excluding hydrogens is 272 g/mol. The second-order valence-corrected chi connectivity index (χ2v) is 5.08. The van der Waals surface area contributed by atoms with Crippen LogP contribution in [0.1, 0.15) is 36.0 Å². The first-order valence-corrected chi connectivity index (χ1v) is 7.00. The van der Waals surface area contributed by atoms with Gasteiger partial charge in [0.2, 0.25) is 0 Å². The molecule has 0 radical (unpaired) electrons. The van der Waals surface area contributed by atoms with Gasteiger partial charge < -0.3 is 20.5 Å². The summed E-state index contributed by atoms with van der Waals surface area (Å²) in [4.78, 5) is 22.9. The molecule has 0 spiro atoms. The van der Waals surface area contributed by atoms with Crippen LogP contribution in [-0.4, -0.2) is 31.6 Å². The average Bonchev–Trinajstić information content (AvgIpc) is 2.97.